The summed E-state index contributed by atoms with van der Waals surface area (Å²) in [6, 6.07) is 0. The van der Waals surface area contributed by atoms with Crippen LogP contribution in [0, 0.1) is 0 Å². The first kappa shape index (κ1) is 12.4. The van der Waals surface area contributed by atoms with Gasteiger partial charge in [0.15, 0.2) is 0 Å². The van der Waals surface area contributed by atoms with Crippen molar-refractivity contribution in [2.45, 2.75) is 52.1 Å². The first-order chi connectivity index (χ1) is 5.50. The van der Waals surface area contributed by atoms with E-state index < -0.39 is 7.26 Å². The van der Waals surface area contributed by atoms with E-state index in [1.54, 1.807) is 0 Å². The summed E-state index contributed by atoms with van der Waals surface area (Å²) in [5.41, 5.74) is 0.930. The van der Waals surface area contributed by atoms with Crippen molar-refractivity contribution in [3.05, 3.63) is 0 Å². The van der Waals surface area contributed by atoms with Crippen molar-refractivity contribution < 1.29 is 0 Å². The summed E-state index contributed by atoms with van der Waals surface area (Å²) in [6.45, 7) is 12.1. The van der Waals surface area contributed by atoms with Crippen LogP contribution in [-0.4, -0.2) is 25.2 Å². The second-order valence-corrected chi connectivity index (χ2v) is 9.69. The van der Waals surface area contributed by atoms with Gasteiger partial charge in [0.05, 0.1) is 11.8 Å². The van der Waals surface area contributed by atoms with E-state index in [-0.39, 0.29) is 0 Å². The molecule has 0 aromatic heterocycles. The van der Waals surface area contributed by atoms with Gasteiger partial charge in [-0.15, -0.1) is 0 Å². The van der Waals surface area contributed by atoms with Gasteiger partial charge >= 0.3 is 0 Å². The predicted molar refractivity (Wildman–Crippen MR) is 62.9 cm³/mol. The van der Waals surface area contributed by atoms with Gasteiger partial charge in [0.25, 0.3) is 0 Å². The fraction of sp³-hybridized carbons (Fsp3) is 1.00. The molecule has 0 unspecified atom stereocenters. The molecule has 0 fully saturated rings. The van der Waals surface area contributed by atoms with Gasteiger partial charge in [0, 0.05) is 20.6 Å². The zero-order chi connectivity index (χ0) is 9.61. The lowest BCUT2D eigenvalue weighted by molar-refractivity contribution is 0.702. The van der Waals surface area contributed by atoms with E-state index in [2.05, 4.69) is 34.1 Å². The van der Waals surface area contributed by atoms with Crippen molar-refractivity contribution in [1.82, 2.24) is 0 Å². The Balaban J connectivity index is 3.47. The Hall–Kier alpha value is 0.430. The largest absolute Gasteiger partial charge is 0.0654 e. The highest BCUT2D eigenvalue weighted by atomic mass is 31.2. The predicted octanol–water partition coefficient (Wildman–Crippen LogP) is 4.25. The van der Waals surface area contributed by atoms with E-state index in [1.807, 2.05) is 0 Å². The van der Waals surface area contributed by atoms with Gasteiger partial charge in [0.1, 0.15) is 0 Å². The SMILES string of the molecule is CCCCCC[P+](C)(C)C(C)C. The third-order valence-corrected chi connectivity index (χ3v) is 7.25. The van der Waals surface area contributed by atoms with Crippen LogP contribution in [0.25, 0.3) is 0 Å². The number of unbranched alkanes of at least 4 members (excludes halogenated alkanes) is 3. The number of rotatable bonds is 6. The van der Waals surface area contributed by atoms with Gasteiger partial charge in [0.2, 0.25) is 0 Å². The van der Waals surface area contributed by atoms with Gasteiger partial charge in [-0.3, -0.25) is 0 Å². The van der Waals surface area contributed by atoms with Crippen molar-refractivity contribution in [2.75, 3.05) is 19.5 Å². The molecule has 0 saturated heterocycles. The minimum Gasteiger partial charge on any atom is -0.0654 e. The van der Waals surface area contributed by atoms with E-state index in [9.17, 15) is 0 Å². The second-order valence-electron chi connectivity index (χ2n) is 4.66. The summed E-state index contributed by atoms with van der Waals surface area (Å²) in [7, 11) is -0.555. The highest BCUT2D eigenvalue weighted by Crippen LogP contribution is 2.56. The molecule has 0 aliphatic heterocycles. The molecular weight excluding hydrogens is 163 g/mol. The molecule has 1 heteroatoms. The number of hydrogen-bond donors (Lipinski definition) is 0. The fourth-order valence-electron chi connectivity index (χ4n) is 1.20. The standard InChI is InChI=1S/C11H26P/c1-6-7-8-9-10-12(4,5)11(2)3/h11H,6-10H2,1-5H3/q+1. The maximum absolute atomic E-state index is 2.50. The topological polar surface area (TPSA) is 0 Å². The van der Waals surface area contributed by atoms with Crippen molar-refractivity contribution in [2.24, 2.45) is 0 Å². The van der Waals surface area contributed by atoms with Crippen LogP contribution in [0.4, 0.5) is 0 Å². The molecule has 0 aliphatic carbocycles. The fourth-order valence-corrected chi connectivity index (χ4v) is 2.76. The molecule has 0 aromatic carbocycles. The lowest BCUT2D eigenvalue weighted by Crippen LogP contribution is -2.07. The van der Waals surface area contributed by atoms with Crippen molar-refractivity contribution >= 4 is 7.26 Å². The molecule has 0 spiro atoms. The summed E-state index contributed by atoms with van der Waals surface area (Å²) < 4.78 is 0. The average molecular weight is 189 g/mol. The van der Waals surface area contributed by atoms with Crippen molar-refractivity contribution in [3.8, 4) is 0 Å². The summed E-state index contributed by atoms with van der Waals surface area (Å²) in [5.74, 6) is 0. The van der Waals surface area contributed by atoms with Crippen LogP contribution in [-0.2, 0) is 0 Å². The normalized spacial score (nSPS) is 12.5. The summed E-state index contributed by atoms with van der Waals surface area (Å²) in [4.78, 5) is 0. The van der Waals surface area contributed by atoms with Crippen molar-refractivity contribution in [3.63, 3.8) is 0 Å². The molecule has 74 valence electrons. The van der Waals surface area contributed by atoms with E-state index in [0.717, 1.165) is 5.66 Å². The van der Waals surface area contributed by atoms with Crippen LogP contribution in [0.2, 0.25) is 0 Å². The number of hydrogen-bond acceptors (Lipinski definition) is 0. The maximum atomic E-state index is 2.50. The molecule has 0 saturated carbocycles. The lowest BCUT2D eigenvalue weighted by Gasteiger charge is -2.22. The van der Waals surface area contributed by atoms with Gasteiger partial charge in [-0.25, -0.2) is 0 Å². The van der Waals surface area contributed by atoms with E-state index in [0.29, 0.717) is 0 Å². The molecule has 0 heterocycles. The van der Waals surface area contributed by atoms with Crippen LogP contribution in [0.15, 0.2) is 0 Å². The third-order valence-electron chi connectivity index (χ3n) is 2.99. The molecule has 0 aliphatic rings. The molecule has 0 aromatic rings. The van der Waals surface area contributed by atoms with Gasteiger partial charge in [-0.05, 0) is 26.7 Å². The molecule has 0 atom stereocenters. The Morgan fingerprint density at radius 3 is 2.00 bits per heavy atom. The Bertz CT molecular complexity index is 106. The molecule has 0 rings (SSSR count). The van der Waals surface area contributed by atoms with Gasteiger partial charge in [-0.1, -0.05) is 19.8 Å². The Morgan fingerprint density at radius 2 is 1.58 bits per heavy atom. The first-order valence-corrected chi connectivity index (χ1v) is 8.27. The Morgan fingerprint density at radius 1 is 1.00 bits per heavy atom. The highest BCUT2D eigenvalue weighted by Gasteiger charge is 2.28. The van der Waals surface area contributed by atoms with Crippen LogP contribution in [0.5, 0.6) is 0 Å². The summed E-state index contributed by atoms with van der Waals surface area (Å²) >= 11 is 0. The first-order valence-electron chi connectivity index (χ1n) is 5.33. The molecule has 0 radical (unpaired) electrons. The molecule has 0 amide bonds. The Kier molecular flexibility index (Phi) is 6.19. The molecular formula is C11H26P+. The van der Waals surface area contributed by atoms with Crippen LogP contribution in [0.3, 0.4) is 0 Å². The highest BCUT2D eigenvalue weighted by molar-refractivity contribution is 7.75. The minimum atomic E-state index is -0.555. The van der Waals surface area contributed by atoms with Crippen molar-refractivity contribution in [1.29, 1.82) is 0 Å². The van der Waals surface area contributed by atoms with Crippen LogP contribution >= 0.6 is 7.26 Å². The summed E-state index contributed by atoms with van der Waals surface area (Å²) in [6.07, 6.45) is 7.21. The molecule has 12 heavy (non-hydrogen) atoms. The minimum absolute atomic E-state index is 0.555. The van der Waals surface area contributed by atoms with E-state index >= 15 is 0 Å². The average Bonchev–Trinajstić information content (AvgIpc) is 1.98. The van der Waals surface area contributed by atoms with Crippen LogP contribution in [0.1, 0.15) is 46.5 Å². The molecule has 0 N–H and O–H groups in total. The monoisotopic (exact) mass is 189 g/mol. The lowest BCUT2D eigenvalue weighted by atomic mass is 10.2. The van der Waals surface area contributed by atoms with Gasteiger partial charge in [-0.2, -0.15) is 0 Å². The summed E-state index contributed by atoms with van der Waals surface area (Å²) in [5, 5.41) is 0. The second kappa shape index (κ2) is 5.97. The van der Waals surface area contributed by atoms with E-state index in [4.69, 9.17) is 0 Å². The molecule has 0 nitrogen and oxygen atoms in total. The zero-order valence-corrected chi connectivity index (χ0v) is 10.5. The van der Waals surface area contributed by atoms with Crippen LogP contribution < -0.4 is 0 Å². The smallest absolute Gasteiger partial charge is 0.0636 e. The van der Waals surface area contributed by atoms with E-state index in [1.165, 1.54) is 31.8 Å². The zero-order valence-electron chi connectivity index (χ0n) is 9.56. The third kappa shape index (κ3) is 5.14. The Labute approximate surface area is 79.5 Å². The maximum Gasteiger partial charge on any atom is 0.0636 e. The molecule has 0 bridgehead atoms. The quantitative estimate of drug-likeness (QED) is 0.433. The van der Waals surface area contributed by atoms with Gasteiger partial charge < -0.3 is 0 Å².